The first-order valence-electron chi connectivity index (χ1n) is 10.5. The minimum Gasteiger partial charge on any atom is -0.618 e. The Hall–Kier alpha value is -4.74. The third-order valence-corrected chi connectivity index (χ3v) is 5.10. The number of pyridine rings is 2. The van der Waals surface area contributed by atoms with Crippen LogP contribution in [-0.2, 0) is 10.9 Å². The summed E-state index contributed by atoms with van der Waals surface area (Å²) in [4.78, 5) is 16.1. The van der Waals surface area contributed by atoms with Crippen LogP contribution in [0.1, 0.15) is 15.9 Å². The number of esters is 1. The van der Waals surface area contributed by atoms with E-state index in [4.69, 9.17) is 9.47 Å². The zero-order valence-corrected chi connectivity index (χ0v) is 18.8. The number of carbonyl (C=O) groups is 1. The van der Waals surface area contributed by atoms with Gasteiger partial charge in [0.2, 0.25) is 11.6 Å². The third-order valence-electron chi connectivity index (χ3n) is 5.10. The van der Waals surface area contributed by atoms with Crippen molar-refractivity contribution in [2.45, 2.75) is 6.18 Å². The average Bonchev–Trinajstić information content (AvgIpc) is 2.85. The standard InChI is InChI=1S/C25H16F5N3O4/c1-36-24(34)17-13-15(37-23-18(25(28,29)30)4-2-10-31-23)7-9-20(17)32-21-5-3-11-33(35)22(21)16-8-6-14(26)12-19(16)27/h2-13,32H,1H3. The van der Waals surface area contributed by atoms with Gasteiger partial charge in [-0.2, -0.15) is 17.9 Å². The molecule has 2 aromatic carbocycles. The highest BCUT2D eigenvalue weighted by Crippen LogP contribution is 2.38. The van der Waals surface area contributed by atoms with E-state index in [9.17, 15) is 32.0 Å². The maximum absolute atomic E-state index is 14.5. The first-order chi connectivity index (χ1) is 17.6. The minimum atomic E-state index is -4.73. The Morgan fingerprint density at radius 2 is 1.81 bits per heavy atom. The van der Waals surface area contributed by atoms with Crippen LogP contribution in [0.15, 0.2) is 73.1 Å². The Kier molecular flexibility index (Phi) is 6.92. The predicted octanol–water partition coefficient (Wildman–Crippen LogP) is 6.00. The summed E-state index contributed by atoms with van der Waals surface area (Å²) in [6.07, 6.45) is -2.51. The number of halogens is 5. The quantitative estimate of drug-likeness (QED) is 0.146. The van der Waals surface area contributed by atoms with Gasteiger partial charge in [0, 0.05) is 18.3 Å². The Bertz CT molecular complexity index is 1480. The third kappa shape index (κ3) is 5.42. The summed E-state index contributed by atoms with van der Waals surface area (Å²) in [7, 11) is 1.09. The number of anilines is 2. The molecule has 0 saturated heterocycles. The molecule has 4 aromatic rings. The summed E-state index contributed by atoms with van der Waals surface area (Å²) in [5.41, 5.74) is -1.60. The van der Waals surface area contributed by atoms with Crippen molar-refractivity contribution in [2.24, 2.45) is 0 Å². The largest absolute Gasteiger partial charge is 0.618 e. The van der Waals surface area contributed by atoms with Crippen LogP contribution in [0.3, 0.4) is 0 Å². The van der Waals surface area contributed by atoms with E-state index >= 15 is 0 Å². The number of alkyl halides is 3. The van der Waals surface area contributed by atoms with Crippen LogP contribution in [0.25, 0.3) is 11.3 Å². The molecule has 190 valence electrons. The van der Waals surface area contributed by atoms with Crippen LogP contribution in [-0.4, -0.2) is 18.1 Å². The number of methoxy groups -OCH3 is 1. The summed E-state index contributed by atoms with van der Waals surface area (Å²) in [6, 6.07) is 11.0. The van der Waals surface area contributed by atoms with E-state index in [1.165, 1.54) is 24.3 Å². The van der Waals surface area contributed by atoms with Gasteiger partial charge in [-0.25, -0.2) is 18.6 Å². The van der Waals surface area contributed by atoms with Crippen LogP contribution < -0.4 is 14.8 Å². The molecule has 2 aromatic heterocycles. The Morgan fingerprint density at radius 1 is 1.03 bits per heavy atom. The number of aromatic nitrogens is 2. The molecule has 0 atom stereocenters. The van der Waals surface area contributed by atoms with Gasteiger partial charge in [0.25, 0.3) is 0 Å². The molecule has 0 saturated carbocycles. The van der Waals surface area contributed by atoms with E-state index in [1.54, 1.807) is 0 Å². The first-order valence-corrected chi connectivity index (χ1v) is 10.5. The molecule has 0 aliphatic rings. The fourth-order valence-electron chi connectivity index (χ4n) is 3.46. The summed E-state index contributed by atoms with van der Waals surface area (Å²) < 4.78 is 78.2. The van der Waals surface area contributed by atoms with Crippen LogP contribution in [0.5, 0.6) is 11.6 Å². The molecule has 0 aliphatic carbocycles. The summed E-state index contributed by atoms with van der Waals surface area (Å²) in [6.45, 7) is 0. The van der Waals surface area contributed by atoms with Gasteiger partial charge in [-0.05, 0) is 48.5 Å². The Balaban J connectivity index is 1.75. The van der Waals surface area contributed by atoms with Gasteiger partial charge in [-0.1, -0.05) is 0 Å². The smallest absolute Gasteiger partial charge is 0.421 e. The molecule has 4 rings (SSSR count). The first kappa shape index (κ1) is 25.4. The van der Waals surface area contributed by atoms with E-state index in [1.807, 2.05) is 0 Å². The molecule has 0 aliphatic heterocycles. The maximum Gasteiger partial charge on any atom is 0.421 e. The summed E-state index contributed by atoms with van der Waals surface area (Å²) >= 11 is 0. The number of rotatable bonds is 6. The highest BCUT2D eigenvalue weighted by molar-refractivity contribution is 5.97. The molecule has 7 nitrogen and oxygen atoms in total. The van der Waals surface area contributed by atoms with E-state index in [0.717, 1.165) is 49.8 Å². The fourth-order valence-corrected chi connectivity index (χ4v) is 3.46. The van der Waals surface area contributed by atoms with Crippen molar-refractivity contribution < 1.29 is 41.0 Å². The molecule has 1 N–H and O–H groups in total. The lowest BCUT2D eigenvalue weighted by Crippen LogP contribution is -2.29. The van der Waals surface area contributed by atoms with Crippen molar-refractivity contribution in [2.75, 3.05) is 12.4 Å². The average molecular weight is 517 g/mol. The lowest BCUT2D eigenvalue weighted by molar-refractivity contribution is -0.593. The summed E-state index contributed by atoms with van der Waals surface area (Å²) in [5.74, 6) is -3.60. The monoisotopic (exact) mass is 517 g/mol. The molecule has 0 unspecified atom stereocenters. The number of carbonyl (C=O) groups excluding carboxylic acids is 1. The van der Waals surface area contributed by atoms with Gasteiger partial charge < -0.3 is 20.0 Å². The van der Waals surface area contributed by atoms with Crippen molar-refractivity contribution >= 4 is 17.3 Å². The number of hydrogen-bond donors (Lipinski definition) is 1. The molecule has 0 radical (unpaired) electrons. The minimum absolute atomic E-state index is 0.0471. The SMILES string of the molecule is COC(=O)c1cc(Oc2ncccc2C(F)(F)F)ccc1Nc1ccc[n+]([O-])c1-c1ccc(F)cc1F. The van der Waals surface area contributed by atoms with Crippen molar-refractivity contribution in [3.8, 4) is 22.9 Å². The lowest BCUT2D eigenvalue weighted by Gasteiger charge is -2.16. The molecule has 2 heterocycles. The van der Waals surface area contributed by atoms with E-state index in [0.29, 0.717) is 10.8 Å². The second-order valence-corrected chi connectivity index (χ2v) is 7.50. The molecular formula is C25H16F5N3O4. The Morgan fingerprint density at radius 3 is 2.51 bits per heavy atom. The highest BCUT2D eigenvalue weighted by atomic mass is 19.4. The molecular weight excluding hydrogens is 501 g/mol. The Labute approximate surface area is 206 Å². The van der Waals surface area contributed by atoms with Crippen LogP contribution in [0.4, 0.5) is 33.3 Å². The molecule has 0 bridgehead atoms. The van der Waals surface area contributed by atoms with Gasteiger partial charge in [0.05, 0.1) is 23.9 Å². The van der Waals surface area contributed by atoms with Crippen molar-refractivity contribution in [3.63, 3.8) is 0 Å². The molecule has 0 spiro atoms. The molecule has 12 heteroatoms. The number of nitrogens with zero attached hydrogens (tertiary/aromatic N) is 2. The van der Waals surface area contributed by atoms with Crippen molar-refractivity contribution in [3.05, 3.63) is 101 Å². The number of hydrogen-bond acceptors (Lipinski definition) is 6. The van der Waals surface area contributed by atoms with Gasteiger partial charge in [0.1, 0.15) is 28.6 Å². The molecule has 0 fully saturated rings. The van der Waals surface area contributed by atoms with Crippen LogP contribution in [0, 0.1) is 16.8 Å². The summed E-state index contributed by atoms with van der Waals surface area (Å²) in [5, 5.41) is 15.3. The number of ether oxygens (including phenoxy) is 2. The number of nitrogens with one attached hydrogen (secondary N) is 1. The zero-order valence-electron chi connectivity index (χ0n) is 18.8. The van der Waals surface area contributed by atoms with Gasteiger partial charge in [-0.3, -0.25) is 0 Å². The predicted molar refractivity (Wildman–Crippen MR) is 121 cm³/mol. The van der Waals surface area contributed by atoms with Crippen LogP contribution in [0.2, 0.25) is 0 Å². The second-order valence-electron chi connectivity index (χ2n) is 7.50. The van der Waals surface area contributed by atoms with Crippen LogP contribution >= 0.6 is 0 Å². The number of benzene rings is 2. The zero-order chi connectivity index (χ0) is 26.7. The maximum atomic E-state index is 14.5. The fraction of sp³-hybridized carbons (Fsp3) is 0.0800. The topological polar surface area (TPSA) is 87.4 Å². The molecule has 0 amide bonds. The van der Waals surface area contributed by atoms with E-state index in [-0.39, 0.29) is 33.9 Å². The van der Waals surface area contributed by atoms with Gasteiger partial charge in [-0.15, -0.1) is 0 Å². The normalized spacial score (nSPS) is 11.2. The molecule has 37 heavy (non-hydrogen) atoms. The highest BCUT2D eigenvalue weighted by Gasteiger charge is 2.35. The van der Waals surface area contributed by atoms with Gasteiger partial charge >= 0.3 is 12.1 Å². The van der Waals surface area contributed by atoms with Crippen molar-refractivity contribution in [1.82, 2.24) is 4.98 Å². The van der Waals surface area contributed by atoms with Crippen molar-refractivity contribution in [1.29, 1.82) is 0 Å². The lowest BCUT2D eigenvalue weighted by atomic mass is 10.1. The van der Waals surface area contributed by atoms with E-state index < -0.39 is 35.2 Å². The second kappa shape index (κ2) is 10.1. The van der Waals surface area contributed by atoms with E-state index in [2.05, 4.69) is 10.3 Å². The van der Waals surface area contributed by atoms with Gasteiger partial charge in [0.15, 0.2) is 6.20 Å².